The van der Waals surface area contributed by atoms with Gasteiger partial charge in [-0.05, 0) is 54.6 Å². The average Bonchev–Trinajstić information content (AvgIpc) is 2.79. The van der Waals surface area contributed by atoms with Crippen molar-refractivity contribution < 1.29 is 23.8 Å². The van der Waals surface area contributed by atoms with Crippen LogP contribution >= 0.6 is 0 Å². The first-order chi connectivity index (χ1) is 14.5. The highest BCUT2D eigenvalue weighted by Gasteiger charge is 2.12. The Bertz CT molecular complexity index is 1050. The van der Waals surface area contributed by atoms with Crippen molar-refractivity contribution >= 4 is 23.2 Å². The van der Waals surface area contributed by atoms with Gasteiger partial charge in [-0.3, -0.25) is 9.59 Å². The van der Waals surface area contributed by atoms with Gasteiger partial charge in [0.25, 0.3) is 11.8 Å². The van der Waals surface area contributed by atoms with Crippen molar-refractivity contribution in [1.29, 1.82) is 0 Å². The number of para-hydroxylation sites is 2. The molecule has 0 aliphatic heterocycles. The molecular formula is C23H22N2O5. The number of benzene rings is 3. The summed E-state index contributed by atoms with van der Waals surface area (Å²) in [7, 11) is 4.58. The number of amides is 2. The fourth-order valence-electron chi connectivity index (χ4n) is 2.83. The normalized spacial score (nSPS) is 10.1. The third-order valence-electron chi connectivity index (χ3n) is 4.41. The predicted molar refractivity (Wildman–Crippen MR) is 115 cm³/mol. The van der Waals surface area contributed by atoms with Gasteiger partial charge >= 0.3 is 0 Å². The molecule has 0 atom stereocenters. The molecule has 0 saturated heterocycles. The van der Waals surface area contributed by atoms with Gasteiger partial charge in [0, 0.05) is 16.8 Å². The molecule has 3 rings (SSSR count). The van der Waals surface area contributed by atoms with Crippen LogP contribution in [0.4, 0.5) is 11.4 Å². The largest absolute Gasteiger partial charge is 0.495 e. The Kier molecular flexibility index (Phi) is 6.54. The molecule has 30 heavy (non-hydrogen) atoms. The molecule has 0 radical (unpaired) electrons. The summed E-state index contributed by atoms with van der Waals surface area (Å²) in [6, 6.07) is 18.7. The summed E-state index contributed by atoms with van der Waals surface area (Å²) < 4.78 is 15.6. The summed E-state index contributed by atoms with van der Waals surface area (Å²) in [5.74, 6) is 0.997. The maximum Gasteiger partial charge on any atom is 0.255 e. The van der Waals surface area contributed by atoms with Crippen molar-refractivity contribution in [1.82, 2.24) is 0 Å². The highest BCUT2D eigenvalue weighted by Crippen LogP contribution is 2.28. The number of rotatable bonds is 7. The van der Waals surface area contributed by atoms with Gasteiger partial charge in [0.15, 0.2) is 11.5 Å². The second kappa shape index (κ2) is 9.47. The minimum Gasteiger partial charge on any atom is -0.495 e. The van der Waals surface area contributed by atoms with E-state index in [1.165, 1.54) is 14.2 Å². The van der Waals surface area contributed by atoms with Crippen molar-refractivity contribution in [3.63, 3.8) is 0 Å². The number of hydrogen-bond acceptors (Lipinski definition) is 5. The lowest BCUT2D eigenvalue weighted by Crippen LogP contribution is -2.14. The van der Waals surface area contributed by atoms with E-state index in [2.05, 4.69) is 10.6 Å². The molecule has 3 aromatic rings. The number of ether oxygens (including phenoxy) is 3. The van der Waals surface area contributed by atoms with Gasteiger partial charge in [-0.2, -0.15) is 0 Å². The second-order valence-electron chi connectivity index (χ2n) is 6.26. The lowest BCUT2D eigenvalue weighted by Gasteiger charge is -2.11. The highest BCUT2D eigenvalue weighted by molar-refractivity contribution is 6.07. The Morgan fingerprint density at radius 3 is 1.90 bits per heavy atom. The van der Waals surface area contributed by atoms with Crippen LogP contribution in [0.2, 0.25) is 0 Å². The van der Waals surface area contributed by atoms with Crippen LogP contribution in [0.5, 0.6) is 17.2 Å². The number of carbonyl (C=O) groups is 2. The number of nitrogens with one attached hydrogen (secondary N) is 2. The molecule has 0 fully saturated rings. The first-order valence-corrected chi connectivity index (χ1v) is 9.13. The lowest BCUT2D eigenvalue weighted by atomic mass is 10.1. The van der Waals surface area contributed by atoms with Gasteiger partial charge in [-0.1, -0.05) is 12.1 Å². The Hall–Kier alpha value is -4.00. The third kappa shape index (κ3) is 4.70. The molecule has 154 valence electrons. The van der Waals surface area contributed by atoms with Crippen molar-refractivity contribution in [2.24, 2.45) is 0 Å². The van der Waals surface area contributed by atoms with Crippen molar-refractivity contribution in [2.75, 3.05) is 32.0 Å². The molecular weight excluding hydrogens is 384 g/mol. The highest BCUT2D eigenvalue weighted by atomic mass is 16.5. The summed E-state index contributed by atoms with van der Waals surface area (Å²) in [6.07, 6.45) is 0. The van der Waals surface area contributed by atoms with Gasteiger partial charge in [-0.15, -0.1) is 0 Å². The fraction of sp³-hybridized carbons (Fsp3) is 0.130. The van der Waals surface area contributed by atoms with Gasteiger partial charge in [0.2, 0.25) is 0 Å². The molecule has 0 aromatic heterocycles. The number of hydrogen-bond donors (Lipinski definition) is 2. The van der Waals surface area contributed by atoms with Gasteiger partial charge in [-0.25, -0.2) is 0 Å². The van der Waals surface area contributed by atoms with Gasteiger partial charge in [0.05, 0.1) is 27.0 Å². The topological polar surface area (TPSA) is 85.9 Å². The molecule has 0 spiro atoms. The van der Waals surface area contributed by atoms with Crippen molar-refractivity contribution in [2.45, 2.75) is 0 Å². The molecule has 0 unspecified atom stereocenters. The first-order valence-electron chi connectivity index (χ1n) is 9.13. The quantitative estimate of drug-likeness (QED) is 0.614. The standard InChI is InChI=1S/C23H22N2O5/c1-28-19-7-5-4-6-18(19)25-22(26)15-8-11-17(12-9-15)24-23(27)16-10-13-20(29-2)21(14-16)30-3/h4-14H,1-3H3,(H,24,27)(H,25,26). The SMILES string of the molecule is COc1ccccc1NC(=O)c1ccc(NC(=O)c2ccc(OC)c(OC)c2)cc1. The molecule has 3 aromatic carbocycles. The minimum atomic E-state index is -0.304. The van der Waals surface area contributed by atoms with Gasteiger partial charge in [0.1, 0.15) is 5.75 Å². The fourth-order valence-corrected chi connectivity index (χ4v) is 2.83. The zero-order chi connectivity index (χ0) is 21.5. The maximum absolute atomic E-state index is 12.5. The summed E-state index contributed by atoms with van der Waals surface area (Å²) in [5.41, 5.74) is 2.01. The molecule has 2 amide bonds. The zero-order valence-corrected chi connectivity index (χ0v) is 16.9. The van der Waals surface area contributed by atoms with Crippen molar-refractivity contribution in [3.8, 4) is 17.2 Å². The molecule has 0 saturated carbocycles. The van der Waals surface area contributed by atoms with Crippen LogP contribution in [-0.4, -0.2) is 33.1 Å². The minimum absolute atomic E-state index is 0.280. The third-order valence-corrected chi connectivity index (χ3v) is 4.41. The zero-order valence-electron chi connectivity index (χ0n) is 16.9. The maximum atomic E-state index is 12.5. The summed E-state index contributed by atoms with van der Waals surface area (Å²) in [5, 5.41) is 5.60. The van der Waals surface area contributed by atoms with E-state index in [1.54, 1.807) is 61.7 Å². The van der Waals surface area contributed by atoms with Crippen LogP contribution in [-0.2, 0) is 0 Å². The molecule has 7 heteroatoms. The van der Waals surface area contributed by atoms with Crippen LogP contribution < -0.4 is 24.8 Å². The summed E-state index contributed by atoms with van der Waals surface area (Å²) in [6.45, 7) is 0. The number of methoxy groups -OCH3 is 3. The monoisotopic (exact) mass is 406 g/mol. The van der Waals surface area contributed by atoms with Crippen LogP contribution in [0.15, 0.2) is 66.7 Å². The lowest BCUT2D eigenvalue weighted by molar-refractivity contribution is 0.101. The Morgan fingerprint density at radius 2 is 1.23 bits per heavy atom. The number of carbonyl (C=O) groups excluding carboxylic acids is 2. The van der Waals surface area contributed by atoms with Crippen LogP contribution in [0.25, 0.3) is 0 Å². The smallest absolute Gasteiger partial charge is 0.255 e. The molecule has 0 aliphatic carbocycles. The summed E-state index contributed by atoms with van der Waals surface area (Å²) >= 11 is 0. The summed E-state index contributed by atoms with van der Waals surface area (Å²) in [4.78, 5) is 25.0. The van der Waals surface area contributed by atoms with Crippen LogP contribution in [0.1, 0.15) is 20.7 Å². The first kappa shape index (κ1) is 20.7. The Balaban J connectivity index is 1.68. The molecule has 0 heterocycles. The van der Waals surface area contributed by atoms with E-state index >= 15 is 0 Å². The van der Waals surface area contributed by atoms with E-state index in [1.807, 2.05) is 12.1 Å². The Morgan fingerprint density at radius 1 is 0.633 bits per heavy atom. The van der Waals surface area contributed by atoms with E-state index in [0.717, 1.165) is 0 Å². The molecule has 0 bridgehead atoms. The van der Waals surface area contributed by atoms with Crippen LogP contribution in [0.3, 0.4) is 0 Å². The predicted octanol–water partition coefficient (Wildman–Crippen LogP) is 4.22. The average molecular weight is 406 g/mol. The molecule has 2 N–H and O–H groups in total. The van der Waals surface area contributed by atoms with E-state index in [9.17, 15) is 9.59 Å². The van der Waals surface area contributed by atoms with Crippen molar-refractivity contribution in [3.05, 3.63) is 77.9 Å². The second-order valence-corrected chi connectivity index (χ2v) is 6.26. The van der Waals surface area contributed by atoms with E-state index in [4.69, 9.17) is 14.2 Å². The van der Waals surface area contributed by atoms with E-state index in [-0.39, 0.29) is 11.8 Å². The van der Waals surface area contributed by atoms with Crippen LogP contribution in [0, 0.1) is 0 Å². The van der Waals surface area contributed by atoms with Gasteiger partial charge < -0.3 is 24.8 Å². The van der Waals surface area contributed by atoms with E-state index in [0.29, 0.717) is 39.8 Å². The molecule has 7 nitrogen and oxygen atoms in total. The molecule has 0 aliphatic rings. The Labute approximate surface area is 174 Å². The number of anilines is 2. The van der Waals surface area contributed by atoms with E-state index < -0.39 is 0 Å².